The van der Waals surface area contributed by atoms with Crippen LogP contribution in [0, 0.1) is 5.92 Å². The topological polar surface area (TPSA) is 41.9 Å². The molecule has 0 bridgehead atoms. The minimum absolute atomic E-state index is 0. The van der Waals surface area contributed by atoms with E-state index in [2.05, 4.69) is 30.9 Å². The van der Waals surface area contributed by atoms with Crippen LogP contribution in [0.4, 0.5) is 0 Å². The maximum absolute atomic E-state index is 12.3. The number of benzene rings is 2. The van der Waals surface area contributed by atoms with Gasteiger partial charge >= 0.3 is 0 Å². The Morgan fingerprint density at radius 1 is 1.06 bits per heavy atom. The number of rotatable bonds is 9. The lowest BCUT2D eigenvalue weighted by molar-refractivity contribution is -0.0311. The molecule has 1 N–H and O–H groups in total. The van der Waals surface area contributed by atoms with Crippen LogP contribution in [0.1, 0.15) is 43.7 Å². The molecule has 0 aromatic heterocycles. The smallest absolute Gasteiger partial charge is 0.118 e. The summed E-state index contributed by atoms with van der Waals surface area (Å²) in [5.41, 5.74) is 1.04. The van der Waals surface area contributed by atoms with Crippen molar-refractivity contribution in [2.24, 2.45) is 5.92 Å². The third-order valence-electron chi connectivity index (χ3n) is 6.09. The standard InChI is InChI=1S/C25H34ClNO3.ClH/c1-19(2)12-13-25(28,21-6-10-23(29-3)11-7-21)24(18-27-14-16-30-17-15-27)20-4-8-22(26)9-5-20;/h4-11,19,24,28H,12-18H2,1-3H3;1H/p-1. The summed E-state index contributed by atoms with van der Waals surface area (Å²) in [7, 11) is 1.66. The lowest BCUT2D eigenvalue weighted by Gasteiger charge is -2.41. The highest BCUT2D eigenvalue weighted by Gasteiger charge is 2.40. The molecule has 2 atom stereocenters. The molecule has 1 aliphatic heterocycles. The Bertz CT molecular complexity index is 776. The van der Waals surface area contributed by atoms with Gasteiger partial charge in [-0.2, -0.15) is 0 Å². The van der Waals surface area contributed by atoms with Gasteiger partial charge in [-0.1, -0.05) is 49.7 Å². The zero-order valence-corrected chi connectivity index (χ0v) is 20.2. The van der Waals surface area contributed by atoms with Crippen LogP contribution in [0.2, 0.25) is 5.02 Å². The lowest BCUT2D eigenvalue weighted by Crippen LogP contribution is -3.00. The first kappa shape index (κ1) is 26.0. The van der Waals surface area contributed by atoms with E-state index in [0.717, 1.165) is 56.1 Å². The molecule has 31 heavy (non-hydrogen) atoms. The van der Waals surface area contributed by atoms with E-state index in [0.29, 0.717) is 17.4 Å². The number of methoxy groups -OCH3 is 1. The van der Waals surface area contributed by atoms with Crippen LogP contribution in [0.15, 0.2) is 48.5 Å². The molecule has 0 saturated carbocycles. The van der Waals surface area contributed by atoms with E-state index in [9.17, 15) is 5.11 Å². The summed E-state index contributed by atoms with van der Waals surface area (Å²) < 4.78 is 10.9. The first-order valence-electron chi connectivity index (χ1n) is 10.8. The van der Waals surface area contributed by atoms with Crippen LogP contribution in [-0.4, -0.2) is 50.0 Å². The Kier molecular flexibility index (Phi) is 10.1. The van der Waals surface area contributed by atoms with Gasteiger partial charge in [0.05, 0.1) is 25.9 Å². The van der Waals surface area contributed by atoms with Crippen LogP contribution < -0.4 is 17.1 Å². The van der Waals surface area contributed by atoms with Gasteiger partial charge in [-0.15, -0.1) is 0 Å². The summed E-state index contributed by atoms with van der Waals surface area (Å²) in [5.74, 6) is 1.21. The van der Waals surface area contributed by atoms with Gasteiger partial charge in [0.25, 0.3) is 0 Å². The molecule has 2 aromatic rings. The highest BCUT2D eigenvalue weighted by atomic mass is 35.5. The highest BCUT2D eigenvalue weighted by molar-refractivity contribution is 6.30. The fourth-order valence-corrected chi connectivity index (χ4v) is 4.30. The van der Waals surface area contributed by atoms with Crippen molar-refractivity contribution in [3.63, 3.8) is 0 Å². The van der Waals surface area contributed by atoms with Crippen LogP contribution >= 0.6 is 11.6 Å². The quantitative estimate of drug-likeness (QED) is 0.614. The summed E-state index contributed by atoms with van der Waals surface area (Å²) in [4.78, 5) is 2.40. The fraction of sp³-hybridized carbons (Fsp3) is 0.520. The molecule has 1 fully saturated rings. The van der Waals surface area contributed by atoms with Crippen molar-refractivity contribution >= 4 is 11.6 Å². The molecule has 0 amide bonds. The average Bonchev–Trinajstić information content (AvgIpc) is 2.77. The molecule has 172 valence electrons. The summed E-state index contributed by atoms with van der Waals surface area (Å²) in [6.07, 6.45) is 1.63. The minimum atomic E-state index is -0.997. The van der Waals surface area contributed by atoms with Crippen molar-refractivity contribution in [3.8, 4) is 5.75 Å². The second-order valence-corrected chi connectivity index (χ2v) is 9.04. The Balaban J connectivity index is 0.00000341. The molecule has 2 unspecified atom stereocenters. The summed E-state index contributed by atoms with van der Waals surface area (Å²) in [6.45, 7) is 8.41. The van der Waals surface area contributed by atoms with Crippen molar-refractivity contribution in [2.75, 3.05) is 40.0 Å². The van der Waals surface area contributed by atoms with E-state index in [1.807, 2.05) is 36.4 Å². The van der Waals surface area contributed by atoms with E-state index in [1.165, 1.54) is 0 Å². The third kappa shape index (κ3) is 6.84. The summed E-state index contributed by atoms with van der Waals surface area (Å²) in [6, 6.07) is 15.8. The van der Waals surface area contributed by atoms with Gasteiger partial charge in [0, 0.05) is 30.6 Å². The van der Waals surface area contributed by atoms with Gasteiger partial charge in [-0.3, -0.25) is 4.90 Å². The molecule has 6 heteroatoms. The number of hydrogen-bond acceptors (Lipinski definition) is 4. The number of halogens is 2. The first-order valence-corrected chi connectivity index (χ1v) is 11.2. The van der Waals surface area contributed by atoms with Crippen LogP contribution in [0.25, 0.3) is 0 Å². The molecule has 1 heterocycles. The Morgan fingerprint density at radius 3 is 2.23 bits per heavy atom. The maximum Gasteiger partial charge on any atom is 0.118 e. The van der Waals surface area contributed by atoms with Gasteiger partial charge in [-0.25, -0.2) is 0 Å². The number of hydrogen-bond donors (Lipinski definition) is 1. The SMILES string of the molecule is COc1ccc(C(O)(CCC(C)C)C(CN2CCOCC2)c2ccc(Cl)cc2)cc1.[Cl-]. The van der Waals surface area contributed by atoms with Crippen LogP contribution in [0.5, 0.6) is 5.75 Å². The highest BCUT2D eigenvalue weighted by Crippen LogP contribution is 2.43. The van der Waals surface area contributed by atoms with Gasteiger partial charge in [0.1, 0.15) is 5.75 Å². The molecule has 0 radical (unpaired) electrons. The maximum atomic E-state index is 12.3. The number of morpholine rings is 1. The predicted molar refractivity (Wildman–Crippen MR) is 122 cm³/mol. The van der Waals surface area contributed by atoms with Gasteiger partial charge in [0.15, 0.2) is 0 Å². The Labute approximate surface area is 197 Å². The van der Waals surface area contributed by atoms with Crippen molar-refractivity contribution in [2.45, 2.75) is 38.2 Å². The van der Waals surface area contributed by atoms with Crippen molar-refractivity contribution < 1.29 is 27.0 Å². The Hall–Kier alpha value is -1.30. The number of aliphatic hydroxyl groups is 1. The largest absolute Gasteiger partial charge is 1.00 e. The van der Waals surface area contributed by atoms with Crippen molar-refractivity contribution in [1.82, 2.24) is 4.90 Å². The third-order valence-corrected chi connectivity index (χ3v) is 6.34. The Morgan fingerprint density at radius 2 is 1.68 bits per heavy atom. The zero-order valence-electron chi connectivity index (χ0n) is 18.7. The molecule has 4 nitrogen and oxygen atoms in total. The molecular weight excluding hydrogens is 433 g/mol. The molecule has 0 spiro atoms. The molecule has 3 rings (SSSR count). The average molecular weight is 467 g/mol. The van der Waals surface area contributed by atoms with E-state index in [-0.39, 0.29) is 18.3 Å². The summed E-state index contributed by atoms with van der Waals surface area (Å²) >= 11 is 6.17. The fourth-order valence-electron chi connectivity index (χ4n) is 4.18. The van der Waals surface area contributed by atoms with E-state index in [4.69, 9.17) is 21.1 Å². The van der Waals surface area contributed by atoms with Gasteiger partial charge in [0.2, 0.25) is 0 Å². The first-order chi connectivity index (χ1) is 14.4. The molecule has 1 saturated heterocycles. The predicted octanol–water partition coefficient (Wildman–Crippen LogP) is 2.09. The van der Waals surface area contributed by atoms with Crippen LogP contribution in [0.3, 0.4) is 0 Å². The van der Waals surface area contributed by atoms with Gasteiger partial charge < -0.3 is 27.0 Å². The van der Waals surface area contributed by atoms with Crippen LogP contribution in [-0.2, 0) is 10.3 Å². The van der Waals surface area contributed by atoms with E-state index < -0.39 is 5.60 Å². The van der Waals surface area contributed by atoms with E-state index in [1.54, 1.807) is 7.11 Å². The number of ether oxygens (including phenoxy) is 2. The lowest BCUT2D eigenvalue weighted by atomic mass is 9.73. The molecular formula is C25H34Cl2NO3-. The summed E-state index contributed by atoms with van der Waals surface area (Å²) in [5, 5.41) is 13.0. The molecule has 1 aliphatic rings. The number of nitrogens with zero attached hydrogens (tertiary/aromatic N) is 1. The van der Waals surface area contributed by atoms with Gasteiger partial charge in [-0.05, 0) is 54.2 Å². The second-order valence-electron chi connectivity index (χ2n) is 8.60. The molecule has 0 aliphatic carbocycles. The zero-order chi connectivity index (χ0) is 21.6. The minimum Gasteiger partial charge on any atom is -1.00 e. The van der Waals surface area contributed by atoms with Crippen molar-refractivity contribution in [3.05, 3.63) is 64.7 Å². The molecule has 2 aromatic carbocycles. The van der Waals surface area contributed by atoms with Crippen molar-refractivity contribution in [1.29, 1.82) is 0 Å². The normalized spacial score (nSPS) is 17.6. The second kappa shape index (κ2) is 12.1. The van der Waals surface area contributed by atoms with E-state index >= 15 is 0 Å². The monoisotopic (exact) mass is 466 g/mol.